The highest BCUT2D eigenvalue weighted by Gasteiger charge is 2.06. The minimum Gasteiger partial charge on any atom is -0.324 e. The molecule has 0 saturated heterocycles. The number of sulfone groups is 1. The van der Waals surface area contributed by atoms with Crippen molar-refractivity contribution < 1.29 is 13.2 Å². The van der Waals surface area contributed by atoms with Crippen molar-refractivity contribution in [2.45, 2.75) is 0 Å². The zero-order chi connectivity index (χ0) is 13.6. The Morgan fingerprint density at radius 3 is 2.61 bits per heavy atom. The number of halogens is 1. The lowest BCUT2D eigenvalue weighted by molar-refractivity contribution is -0.115. The third-order valence-electron chi connectivity index (χ3n) is 2.08. The molecule has 0 saturated carbocycles. The Labute approximate surface area is 111 Å². The van der Waals surface area contributed by atoms with E-state index in [4.69, 9.17) is 11.6 Å². The Hall–Kier alpha value is -1.11. The molecule has 7 heteroatoms. The monoisotopic (exact) mass is 290 g/mol. The van der Waals surface area contributed by atoms with Crippen molar-refractivity contribution in [1.29, 1.82) is 0 Å². The maximum Gasteiger partial charge on any atom is 0.238 e. The minimum atomic E-state index is -3.00. The van der Waals surface area contributed by atoms with Gasteiger partial charge < -0.3 is 10.6 Å². The van der Waals surface area contributed by atoms with Gasteiger partial charge in [-0.15, -0.1) is 0 Å². The molecule has 1 amide bonds. The smallest absolute Gasteiger partial charge is 0.238 e. The van der Waals surface area contributed by atoms with E-state index < -0.39 is 9.84 Å². The first-order valence-electron chi connectivity index (χ1n) is 5.31. The molecule has 0 bridgehead atoms. The summed E-state index contributed by atoms with van der Waals surface area (Å²) in [5.41, 5.74) is 0.536. The summed E-state index contributed by atoms with van der Waals surface area (Å²) in [7, 11) is -3.00. The first-order chi connectivity index (χ1) is 8.38. The number of hydrogen-bond acceptors (Lipinski definition) is 4. The predicted molar refractivity (Wildman–Crippen MR) is 72.7 cm³/mol. The predicted octanol–water partition coefficient (Wildman–Crippen LogP) is 0.913. The number of anilines is 1. The molecular weight excluding hydrogens is 276 g/mol. The van der Waals surface area contributed by atoms with Crippen LogP contribution < -0.4 is 10.6 Å². The van der Waals surface area contributed by atoms with Crippen molar-refractivity contribution in [3.63, 3.8) is 0 Å². The molecule has 0 aliphatic rings. The molecule has 0 aliphatic heterocycles. The van der Waals surface area contributed by atoms with E-state index in [9.17, 15) is 13.2 Å². The van der Waals surface area contributed by atoms with Gasteiger partial charge in [-0.25, -0.2) is 8.42 Å². The second-order valence-corrected chi connectivity index (χ2v) is 6.50. The molecule has 0 atom stereocenters. The van der Waals surface area contributed by atoms with Crippen LogP contribution in [0.1, 0.15) is 0 Å². The molecule has 0 aliphatic carbocycles. The topological polar surface area (TPSA) is 75.3 Å². The molecule has 18 heavy (non-hydrogen) atoms. The number of nitrogens with one attached hydrogen (secondary N) is 2. The lowest BCUT2D eigenvalue weighted by Crippen LogP contribution is -2.31. The van der Waals surface area contributed by atoms with Gasteiger partial charge in [-0.2, -0.15) is 0 Å². The molecule has 0 unspecified atom stereocenters. The van der Waals surface area contributed by atoms with Crippen LogP contribution in [-0.2, 0) is 14.6 Å². The van der Waals surface area contributed by atoms with Gasteiger partial charge in [-0.05, 0) is 12.1 Å². The van der Waals surface area contributed by atoms with Crippen molar-refractivity contribution in [3.8, 4) is 0 Å². The average Bonchev–Trinajstić information content (AvgIpc) is 2.26. The zero-order valence-electron chi connectivity index (χ0n) is 9.94. The van der Waals surface area contributed by atoms with E-state index in [1.54, 1.807) is 24.3 Å². The lowest BCUT2D eigenvalue weighted by Gasteiger charge is -2.07. The van der Waals surface area contributed by atoms with Crippen molar-refractivity contribution in [1.82, 2.24) is 5.32 Å². The third kappa shape index (κ3) is 6.00. The van der Waals surface area contributed by atoms with E-state index in [2.05, 4.69) is 10.6 Å². The number of benzene rings is 1. The Balaban J connectivity index is 2.33. The summed E-state index contributed by atoms with van der Waals surface area (Å²) < 4.78 is 21.7. The maximum absolute atomic E-state index is 11.5. The standard InChI is InChI=1S/C11H15ClN2O3S/c1-18(16,17)7-6-13-8-11(15)14-10-5-3-2-4-9(10)12/h2-5,13H,6-8H2,1H3,(H,14,15). The normalized spacial score (nSPS) is 11.2. The van der Waals surface area contributed by atoms with Gasteiger partial charge in [-0.1, -0.05) is 23.7 Å². The number of rotatable bonds is 6. The molecule has 0 heterocycles. The van der Waals surface area contributed by atoms with Gasteiger partial charge >= 0.3 is 0 Å². The minimum absolute atomic E-state index is 0.00632. The molecule has 5 nitrogen and oxygen atoms in total. The Kier molecular flexibility index (Phi) is 5.58. The molecule has 1 aromatic rings. The van der Waals surface area contributed by atoms with Crippen LogP contribution >= 0.6 is 11.6 Å². The van der Waals surface area contributed by atoms with Gasteiger partial charge in [0.2, 0.25) is 5.91 Å². The summed E-state index contributed by atoms with van der Waals surface area (Å²) in [5, 5.41) is 5.83. The molecule has 0 aromatic heterocycles. The summed E-state index contributed by atoms with van der Waals surface area (Å²) in [5.74, 6) is -0.261. The van der Waals surface area contributed by atoms with E-state index in [0.717, 1.165) is 6.26 Å². The number of carbonyl (C=O) groups is 1. The van der Waals surface area contributed by atoms with Gasteiger partial charge in [0.15, 0.2) is 0 Å². The van der Waals surface area contributed by atoms with Crippen LogP contribution in [0.15, 0.2) is 24.3 Å². The summed E-state index contributed by atoms with van der Waals surface area (Å²) >= 11 is 5.88. The van der Waals surface area contributed by atoms with Crippen molar-refractivity contribution in [2.24, 2.45) is 0 Å². The largest absolute Gasteiger partial charge is 0.324 e. The van der Waals surface area contributed by atoms with Crippen LogP contribution in [0.5, 0.6) is 0 Å². The SMILES string of the molecule is CS(=O)(=O)CCNCC(=O)Nc1ccccc1Cl. The van der Waals surface area contributed by atoms with Crippen LogP contribution in [0.2, 0.25) is 5.02 Å². The van der Waals surface area contributed by atoms with E-state index in [1.165, 1.54) is 0 Å². The number of para-hydroxylation sites is 1. The second-order valence-electron chi connectivity index (χ2n) is 3.83. The summed E-state index contributed by atoms with van der Waals surface area (Å²) in [6, 6.07) is 6.89. The van der Waals surface area contributed by atoms with Crippen LogP contribution in [-0.4, -0.2) is 39.4 Å². The van der Waals surface area contributed by atoms with Crippen LogP contribution in [0.4, 0.5) is 5.69 Å². The fraction of sp³-hybridized carbons (Fsp3) is 0.364. The van der Waals surface area contributed by atoms with Crippen molar-refractivity contribution in [3.05, 3.63) is 29.3 Å². The molecule has 0 fully saturated rings. The average molecular weight is 291 g/mol. The fourth-order valence-corrected chi connectivity index (χ4v) is 1.91. The van der Waals surface area contributed by atoms with Crippen LogP contribution in [0, 0.1) is 0 Å². The van der Waals surface area contributed by atoms with E-state index in [0.29, 0.717) is 10.7 Å². The maximum atomic E-state index is 11.5. The number of hydrogen-bond donors (Lipinski definition) is 2. The molecule has 2 N–H and O–H groups in total. The molecular formula is C11H15ClN2O3S. The first kappa shape index (κ1) is 14.9. The second kappa shape index (κ2) is 6.72. The Morgan fingerprint density at radius 1 is 1.33 bits per heavy atom. The zero-order valence-corrected chi connectivity index (χ0v) is 11.5. The van der Waals surface area contributed by atoms with Crippen molar-refractivity contribution >= 4 is 33.0 Å². The van der Waals surface area contributed by atoms with Crippen LogP contribution in [0.3, 0.4) is 0 Å². The molecule has 1 rings (SSSR count). The van der Waals surface area contributed by atoms with Crippen LogP contribution in [0.25, 0.3) is 0 Å². The highest BCUT2D eigenvalue weighted by Crippen LogP contribution is 2.19. The van der Waals surface area contributed by atoms with Gasteiger partial charge in [0.25, 0.3) is 0 Å². The lowest BCUT2D eigenvalue weighted by atomic mass is 10.3. The summed E-state index contributed by atoms with van der Waals surface area (Å²) in [4.78, 5) is 11.5. The third-order valence-corrected chi connectivity index (χ3v) is 3.36. The van der Waals surface area contributed by atoms with Gasteiger partial charge in [0.05, 0.1) is 23.0 Å². The molecule has 0 radical (unpaired) electrons. The van der Waals surface area contributed by atoms with Crippen molar-refractivity contribution in [2.75, 3.05) is 30.4 Å². The van der Waals surface area contributed by atoms with E-state index >= 15 is 0 Å². The van der Waals surface area contributed by atoms with Gasteiger partial charge in [0, 0.05) is 12.8 Å². The molecule has 0 spiro atoms. The highest BCUT2D eigenvalue weighted by molar-refractivity contribution is 7.90. The van der Waals surface area contributed by atoms with Gasteiger partial charge in [-0.3, -0.25) is 4.79 Å². The fourth-order valence-electron chi connectivity index (χ4n) is 1.22. The molecule has 1 aromatic carbocycles. The van der Waals surface area contributed by atoms with E-state index in [-0.39, 0.29) is 24.7 Å². The molecule has 100 valence electrons. The van der Waals surface area contributed by atoms with Gasteiger partial charge in [0.1, 0.15) is 9.84 Å². The highest BCUT2D eigenvalue weighted by atomic mass is 35.5. The Bertz CT molecular complexity index is 517. The number of carbonyl (C=O) groups excluding carboxylic acids is 1. The summed E-state index contributed by atoms with van der Waals surface area (Å²) in [6.45, 7) is 0.287. The van der Waals surface area contributed by atoms with E-state index in [1.807, 2.05) is 0 Å². The quantitative estimate of drug-likeness (QED) is 0.764. The number of amides is 1. The first-order valence-corrected chi connectivity index (χ1v) is 7.75. The Morgan fingerprint density at radius 2 is 2.00 bits per heavy atom. The summed E-state index contributed by atoms with van der Waals surface area (Å²) in [6.07, 6.45) is 1.15.